The maximum absolute atomic E-state index is 13.2. The number of amides is 3. The number of rotatable bonds is 6. The first-order valence-corrected chi connectivity index (χ1v) is 13.4. The quantitative estimate of drug-likeness (QED) is 0.469. The summed E-state index contributed by atoms with van der Waals surface area (Å²) in [7, 11) is 0. The van der Waals surface area contributed by atoms with Crippen molar-refractivity contribution in [3.63, 3.8) is 0 Å². The van der Waals surface area contributed by atoms with Crippen LogP contribution in [0.3, 0.4) is 0 Å². The number of fused-ring (bicyclic) bond motifs is 1. The minimum Gasteiger partial charge on any atom is -0.378 e. The molecule has 3 amide bonds. The molecule has 2 saturated heterocycles. The zero-order valence-corrected chi connectivity index (χ0v) is 22.4. The van der Waals surface area contributed by atoms with E-state index < -0.39 is 0 Å². The Hall–Kier alpha value is -4.25. The highest BCUT2D eigenvalue weighted by Gasteiger charge is 2.29. The molecule has 2 aromatic heterocycles. The van der Waals surface area contributed by atoms with Crippen molar-refractivity contribution < 1.29 is 14.3 Å². The Morgan fingerprint density at radius 3 is 2.54 bits per heavy atom. The molecule has 2 fully saturated rings. The third kappa shape index (κ3) is 6.09. The second-order valence-electron chi connectivity index (χ2n) is 9.43. The highest BCUT2D eigenvalue weighted by Crippen LogP contribution is 2.24. The molecular formula is C28H34N8O3. The largest absolute Gasteiger partial charge is 0.378 e. The number of allylic oxidation sites excluding steroid dienone is 1. The topological polar surface area (TPSA) is 119 Å². The van der Waals surface area contributed by atoms with Gasteiger partial charge >= 0.3 is 6.03 Å². The second kappa shape index (κ2) is 12.1. The summed E-state index contributed by atoms with van der Waals surface area (Å²) in [4.78, 5) is 48.1. The van der Waals surface area contributed by atoms with Crippen molar-refractivity contribution in [3.05, 3.63) is 54.0 Å². The predicted molar refractivity (Wildman–Crippen MR) is 151 cm³/mol. The number of urea groups is 1. The van der Waals surface area contributed by atoms with E-state index in [1.807, 2.05) is 66.3 Å². The van der Waals surface area contributed by atoms with Crippen molar-refractivity contribution in [1.29, 1.82) is 0 Å². The lowest BCUT2D eigenvalue weighted by Gasteiger charge is -2.38. The number of hydrogen-bond donors (Lipinski definition) is 2. The van der Waals surface area contributed by atoms with Crippen molar-refractivity contribution in [2.24, 2.45) is 4.99 Å². The number of H-pyrrole nitrogens is 1. The van der Waals surface area contributed by atoms with Gasteiger partial charge in [0.2, 0.25) is 5.95 Å². The zero-order valence-electron chi connectivity index (χ0n) is 22.4. The minimum atomic E-state index is -0.0678. The van der Waals surface area contributed by atoms with Crippen LogP contribution in [0, 0.1) is 0 Å². The molecule has 3 aromatic rings. The lowest BCUT2D eigenvalue weighted by Crippen LogP contribution is -2.55. The Morgan fingerprint density at radius 2 is 1.79 bits per heavy atom. The van der Waals surface area contributed by atoms with Crippen LogP contribution in [-0.4, -0.2) is 100 Å². The number of aromatic nitrogens is 3. The van der Waals surface area contributed by atoms with E-state index in [0.717, 1.165) is 34.4 Å². The molecule has 0 radical (unpaired) electrons. The number of ether oxygens (including phenoxy) is 1. The standard InChI is InChI=1S/C28H34N8O3/c1-3-8-29-22(4-2)24-7-9-30-27(33-24)31-21-5-6-23-20(18-21)19-25(32-23)26(37)34-10-12-35(13-11-34)28(38)36-14-16-39-17-15-36/h4-9,18-19,32H,3,10-17H2,1-2H3,(H,30,31,33)/b22-4-,29-8?. The van der Waals surface area contributed by atoms with E-state index in [1.165, 1.54) is 0 Å². The summed E-state index contributed by atoms with van der Waals surface area (Å²) in [6, 6.07) is 9.54. The highest BCUT2D eigenvalue weighted by molar-refractivity contribution is 5.99. The molecule has 2 N–H and O–H groups in total. The Kier molecular flexibility index (Phi) is 8.16. The molecule has 1 aromatic carbocycles. The highest BCUT2D eigenvalue weighted by atomic mass is 16.5. The molecule has 4 heterocycles. The van der Waals surface area contributed by atoms with Gasteiger partial charge in [0.25, 0.3) is 5.91 Å². The first-order chi connectivity index (χ1) is 19.1. The number of piperazine rings is 1. The third-order valence-electron chi connectivity index (χ3n) is 6.83. The zero-order chi connectivity index (χ0) is 27.2. The monoisotopic (exact) mass is 530 g/mol. The van der Waals surface area contributed by atoms with E-state index in [2.05, 4.69) is 25.3 Å². The molecule has 0 spiro atoms. The fourth-order valence-electron chi connectivity index (χ4n) is 4.72. The van der Waals surface area contributed by atoms with Crippen LogP contribution in [0.15, 0.2) is 47.6 Å². The fraction of sp³-hybridized carbons (Fsp3) is 0.393. The van der Waals surface area contributed by atoms with Gasteiger partial charge in [-0.1, -0.05) is 13.0 Å². The number of carbonyl (C=O) groups is 2. The summed E-state index contributed by atoms with van der Waals surface area (Å²) in [5, 5.41) is 4.16. The molecule has 5 rings (SSSR count). The number of nitrogens with zero attached hydrogens (tertiary/aromatic N) is 6. The third-order valence-corrected chi connectivity index (χ3v) is 6.83. The molecule has 0 bridgehead atoms. The number of benzene rings is 1. The fourth-order valence-corrected chi connectivity index (χ4v) is 4.72. The lowest BCUT2D eigenvalue weighted by molar-refractivity contribution is 0.0362. The number of aliphatic imine (C=N–C) groups is 1. The van der Waals surface area contributed by atoms with Crippen LogP contribution >= 0.6 is 0 Å². The maximum Gasteiger partial charge on any atom is 0.320 e. The summed E-state index contributed by atoms with van der Waals surface area (Å²) >= 11 is 0. The number of hydrogen-bond acceptors (Lipinski definition) is 7. The van der Waals surface area contributed by atoms with Crippen LogP contribution in [0.4, 0.5) is 16.4 Å². The van der Waals surface area contributed by atoms with Crippen molar-refractivity contribution in [3.8, 4) is 0 Å². The summed E-state index contributed by atoms with van der Waals surface area (Å²) in [6.07, 6.45) is 6.33. The minimum absolute atomic E-state index is 0.0289. The molecule has 204 valence electrons. The molecule has 0 unspecified atom stereocenters. The maximum atomic E-state index is 13.2. The summed E-state index contributed by atoms with van der Waals surface area (Å²) < 4.78 is 5.34. The molecule has 0 saturated carbocycles. The van der Waals surface area contributed by atoms with E-state index in [4.69, 9.17) is 4.74 Å². The van der Waals surface area contributed by atoms with E-state index >= 15 is 0 Å². The van der Waals surface area contributed by atoms with Gasteiger partial charge in [-0.2, -0.15) is 0 Å². The first kappa shape index (κ1) is 26.4. The number of carbonyl (C=O) groups excluding carboxylic acids is 2. The van der Waals surface area contributed by atoms with Gasteiger partial charge in [0.15, 0.2) is 0 Å². The lowest BCUT2D eigenvalue weighted by atomic mass is 10.2. The van der Waals surface area contributed by atoms with Crippen molar-refractivity contribution in [2.75, 3.05) is 57.8 Å². The van der Waals surface area contributed by atoms with Gasteiger partial charge in [0, 0.05) is 68.3 Å². The van der Waals surface area contributed by atoms with Crippen LogP contribution < -0.4 is 5.32 Å². The van der Waals surface area contributed by atoms with Crippen LogP contribution in [0.1, 0.15) is 36.5 Å². The van der Waals surface area contributed by atoms with Gasteiger partial charge in [-0.25, -0.2) is 14.8 Å². The average Bonchev–Trinajstić information content (AvgIpc) is 3.41. The van der Waals surface area contributed by atoms with Crippen molar-refractivity contribution in [2.45, 2.75) is 20.3 Å². The molecule has 11 heteroatoms. The SMILES string of the molecule is C/C=C(\N=CCC)c1ccnc(Nc2ccc3[nH]c(C(=O)N4CCN(C(=O)N5CCOCC5)CC4)cc3c2)n1. The second-order valence-corrected chi connectivity index (χ2v) is 9.43. The number of nitrogens with one attached hydrogen (secondary N) is 2. The van der Waals surface area contributed by atoms with Crippen molar-refractivity contribution >= 4 is 46.4 Å². The molecular weight excluding hydrogens is 496 g/mol. The smallest absolute Gasteiger partial charge is 0.320 e. The molecule has 2 aliphatic heterocycles. The van der Waals surface area contributed by atoms with Gasteiger partial charge in [0.1, 0.15) is 5.69 Å². The van der Waals surface area contributed by atoms with E-state index in [-0.39, 0.29) is 11.9 Å². The first-order valence-electron chi connectivity index (χ1n) is 13.4. The molecule has 2 aliphatic rings. The van der Waals surface area contributed by atoms with Crippen LogP contribution in [0.2, 0.25) is 0 Å². The van der Waals surface area contributed by atoms with Gasteiger partial charge < -0.3 is 29.7 Å². The van der Waals surface area contributed by atoms with Gasteiger partial charge in [0.05, 0.1) is 24.6 Å². The Labute approximate surface area is 227 Å². The van der Waals surface area contributed by atoms with Crippen molar-refractivity contribution in [1.82, 2.24) is 29.7 Å². The molecule has 0 atom stereocenters. The van der Waals surface area contributed by atoms with Crippen LogP contribution in [0.5, 0.6) is 0 Å². The molecule has 39 heavy (non-hydrogen) atoms. The van der Waals surface area contributed by atoms with E-state index in [9.17, 15) is 9.59 Å². The van der Waals surface area contributed by atoms with Gasteiger partial charge in [-0.05, 0) is 43.7 Å². The normalized spacial score (nSPS) is 16.8. The number of morpholine rings is 1. The van der Waals surface area contributed by atoms with E-state index in [1.54, 1.807) is 11.1 Å². The summed E-state index contributed by atoms with van der Waals surface area (Å²) in [5.74, 6) is 0.399. The Morgan fingerprint density at radius 1 is 1.05 bits per heavy atom. The molecule has 11 nitrogen and oxygen atoms in total. The molecule has 0 aliphatic carbocycles. The Balaban J connectivity index is 1.23. The van der Waals surface area contributed by atoms with Gasteiger partial charge in [-0.15, -0.1) is 0 Å². The van der Waals surface area contributed by atoms with Crippen LogP contribution in [0.25, 0.3) is 16.6 Å². The predicted octanol–water partition coefficient (Wildman–Crippen LogP) is 3.75. The van der Waals surface area contributed by atoms with E-state index in [0.29, 0.717) is 64.1 Å². The number of anilines is 2. The number of aromatic amines is 1. The summed E-state index contributed by atoms with van der Waals surface area (Å²) in [5.41, 5.74) is 3.73. The van der Waals surface area contributed by atoms with Gasteiger partial charge in [-0.3, -0.25) is 9.79 Å². The summed E-state index contributed by atoms with van der Waals surface area (Å²) in [6.45, 7) is 8.40. The Bertz CT molecular complexity index is 1380. The average molecular weight is 531 g/mol. The van der Waals surface area contributed by atoms with Crippen LogP contribution in [-0.2, 0) is 4.74 Å².